The molecule has 0 radical (unpaired) electrons. The molecule has 6 nitrogen and oxygen atoms in total. The molecule has 5 rings (SSSR count). The minimum atomic E-state index is -0.587. The molecule has 2 unspecified atom stereocenters. The van der Waals surface area contributed by atoms with Gasteiger partial charge in [0.2, 0.25) is 5.89 Å². The number of ether oxygens (including phenoxy) is 1. The molecule has 1 aromatic heterocycles. The lowest BCUT2D eigenvalue weighted by Crippen LogP contribution is -2.67. The van der Waals surface area contributed by atoms with Crippen molar-refractivity contribution in [2.24, 2.45) is 0 Å². The van der Waals surface area contributed by atoms with Gasteiger partial charge >= 0.3 is 0 Å². The molecule has 4 heterocycles. The zero-order valence-corrected chi connectivity index (χ0v) is 15.1. The summed E-state index contributed by atoms with van der Waals surface area (Å²) in [5, 5.41) is 15.1. The van der Waals surface area contributed by atoms with Crippen molar-refractivity contribution >= 4 is 0 Å². The van der Waals surface area contributed by atoms with Gasteiger partial charge in [0.1, 0.15) is 12.4 Å². The predicted octanol–water partition coefficient (Wildman–Crippen LogP) is 2.26. The number of hydrogen-bond acceptors (Lipinski definition) is 6. The van der Waals surface area contributed by atoms with Crippen LogP contribution >= 0.6 is 0 Å². The van der Waals surface area contributed by atoms with Crippen LogP contribution < -0.4 is 4.74 Å². The second-order valence-electron chi connectivity index (χ2n) is 7.26. The molecular formula is C20H25N3O3. The van der Waals surface area contributed by atoms with Gasteiger partial charge in [0.15, 0.2) is 5.82 Å². The van der Waals surface area contributed by atoms with E-state index in [9.17, 15) is 5.11 Å². The van der Waals surface area contributed by atoms with Crippen LogP contribution in [-0.4, -0.2) is 52.0 Å². The summed E-state index contributed by atoms with van der Waals surface area (Å²) in [4.78, 5) is 6.75. The Balaban J connectivity index is 1.53. The zero-order valence-electron chi connectivity index (χ0n) is 15.1. The maximum absolute atomic E-state index is 11.2. The molecule has 6 heteroatoms. The number of nitrogens with zero attached hydrogens (tertiary/aromatic N) is 3. The fourth-order valence-corrected chi connectivity index (χ4v) is 4.30. The van der Waals surface area contributed by atoms with E-state index >= 15 is 0 Å². The van der Waals surface area contributed by atoms with Gasteiger partial charge in [-0.05, 0) is 50.9 Å². The largest absolute Gasteiger partial charge is 0.492 e. The highest BCUT2D eigenvalue weighted by atomic mass is 16.5. The third-order valence-corrected chi connectivity index (χ3v) is 5.79. The van der Waals surface area contributed by atoms with Crippen molar-refractivity contribution in [2.45, 2.75) is 43.7 Å². The smallest absolute Gasteiger partial charge is 0.235 e. The highest BCUT2D eigenvalue weighted by molar-refractivity contribution is 5.34. The van der Waals surface area contributed by atoms with Crippen LogP contribution in [0, 0.1) is 6.92 Å². The number of fused-ring (bicyclic) bond motifs is 3. The summed E-state index contributed by atoms with van der Waals surface area (Å²) >= 11 is 0. The molecule has 0 spiro atoms. The number of piperidine rings is 3. The lowest BCUT2D eigenvalue weighted by Gasteiger charge is -2.54. The van der Waals surface area contributed by atoms with E-state index in [0.717, 1.165) is 43.7 Å². The van der Waals surface area contributed by atoms with Gasteiger partial charge in [-0.15, -0.1) is 6.58 Å². The quantitative estimate of drug-likeness (QED) is 0.802. The number of aliphatic hydroxyl groups is 1. The fourth-order valence-electron chi connectivity index (χ4n) is 4.30. The lowest BCUT2D eigenvalue weighted by atomic mass is 9.66. The van der Waals surface area contributed by atoms with Crippen LogP contribution in [-0.2, 0) is 11.8 Å². The molecule has 3 saturated heterocycles. The number of para-hydroxylation sites is 1. The van der Waals surface area contributed by atoms with Crippen molar-refractivity contribution < 1.29 is 14.4 Å². The summed E-state index contributed by atoms with van der Waals surface area (Å²) < 4.78 is 11.6. The first-order valence-electron chi connectivity index (χ1n) is 9.18. The van der Waals surface area contributed by atoms with E-state index in [1.165, 1.54) is 0 Å². The Hall–Kier alpha value is -2.18. The van der Waals surface area contributed by atoms with Crippen molar-refractivity contribution in [1.82, 2.24) is 15.0 Å². The molecule has 2 atom stereocenters. The Kier molecular flexibility index (Phi) is 4.54. The van der Waals surface area contributed by atoms with Crippen LogP contribution in [0.5, 0.6) is 5.75 Å². The third-order valence-electron chi connectivity index (χ3n) is 5.79. The van der Waals surface area contributed by atoms with Gasteiger partial charge in [0, 0.05) is 0 Å². The van der Waals surface area contributed by atoms with E-state index in [0.29, 0.717) is 18.3 Å². The average molecular weight is 355 g/mol. The maximum atomic E-state index is 11.2. The molecule has 1 N–H and O–H groups in total. The molecule has 2 aromatic rings. The maximum Gasteiger partial charge on any atom is 0.235 e. The van der Waals surface area contributed by atoms with E-state index in [2.05, 4.69) is 21.6 Å². The van der Waals surface area contributed by atoms with Gasteiger partial charge in [-0.25, -0.2) is 0 Å². The van der Waals surface area contributed by atoms with Gasteiger partial charge in [0.05, 0.1) is 17.6 Å². The standard InChI is InChI=1S/C20H25N3O3/c1-3-6-15-7-4-5-8-17(15)25-13-16-18(24)20(9-11-23(16)12-10-20)19-21-14(2)22-26-19/h3-5,7-8,16,18,24H,1,6,9-13H2,2H3. The highest BCUT2D eigenvalue weighted by Crippen LogP contribution is 2.45. The van der Waals surface area contributed by atoms with Gasteiger partial charge in [-0.3, -0.25) is 4.90 Å². The zero-order chi connectivity index (χ0) is 18.1. The van der Waals surface area contributed by atoms with Gasteiger partial charge in [-0.2, -0.15) is 4.98 Å². The number of rotatable bonds is 6. The molecule has 0 saturated carbocycles. The summed E-state index contributed by atoms with van der Waals surface area (Å²) in [6.45, 7) is 7.86. The number of aryl methyl sites for hydroxylation is 1. The fraction of sp³-hybridized carbons (Fsp3) is 0.500. The molecule has 138 valence electrons. The topological polar surface area (TPSA) is 71.6 Å². The Morgan fingerprint density at radius 3 is 2.85 bits per heavy atom. The molecule has 3 fully saturated rings. The Labute approximate surface area is 153 Å². The second kappa shape index (κ2) is 6.85. The highest BCUT2D eigenvalue weighted by Gasteiger charge is 2.56. The van der Waals surface area contributed by atoms with Crippen LogP contribution in [0.4, 0.5) is 0 Å². The number of hydrogen-bond donors (Lipinski definition) is 1. The third kappa shape index (κ3) is 2.83. The van der Waals surface area contributed by atoms with E-state index in [1.54, 1.807) is 0 Å². The summed E-state index contributed by atoms with van der Waals surface area (Å²) in [6.07, 6.45) is 3.71. The van der Waals surface area contributed by atoms with Crippen LogP contribution in [0.25, 0.3) is 0 Å². The molecule has 3 aliphatic heterocycles. The molecular weight excluding hydrogens is 330 g/mol. The first-order chi connectivity index (χ1) is 12.6. The molecule has 0 aliphatic carbocycles. The number of allylic oxidation sites excluding steroid dienone is 1. The summed E-state index contributed by atoms with van der Waals surface area (Å²) in [5.41, 5.74) is 0.653. The summed E-state index contributed by atoms with van der Waals surface area (Å²) in [7, 11) is 0. The van der Waals surface area contributed by atoms with Crippen molar-refractivity contribution in [2.75, 3.05) is 19.7 Å². The van der Waals surface area contributed by atoms with Crippen LogP contribution in [0.3, 0.4) is 0 Å². The van der Waals surface area contributed by atoms with Gasteiger partial charge in [0.25, 0.3) is 0 Å². The molecule has 3 aliphatic rings. The first kappa shape index (κ1) is 17.2. The van der Waals surface area contributed by atoms with Crippen molar-refractivity contribution in [3.63, 3.8) is 0 Å². The van der Waals surface area contributed by atoms with Crippen molar-refractivity contribution in [3.8, 4) is 5.75 Å². The monoisotopic (exact) mass is 355 g/mol. The Morgan fingerprint density at radius 2 is 2.15 bits per heavy atom. The molecule has 1 aromatic carbocycles. The number of benzene rings is 1. The second-order valence-corrected chi connectivity index (χ2v) is 7.26. The van der Waals surface area contributed by atoms with E-state index in [-0.39, 0.29) is 6.04 Å². The summed E-state index contributed by atoms with van der Waals surface area (Å²) in [5.74, 6) is 2.03. The normalized spacial score (nSPS) is 30.3. The number of aromatic nitrogens is 2. The van der Waals surface area contributed by atoms with Gasteiger partial charge < -0.3 is 14.4 Å². The Morgan fingerprint density at radius 1 is 1.38 bits per heavy atom. The minimum absolute atomic E-state index is 0.0820. The number of aliphatic hydroxyl groups excluding tert-OH is 1. The Bertz CT molecular complexity index is 780. The average Bonchev–Trinajstić information content (AvgIpc) is 3.10. The van der Waals surface area contributed by atoms with Crippen LogP contribution in [0.2, 0.25) is 0 Å². The van der Waals surface area contributed by atoms with Crippen LogP contribution in [0.15, 0.2) is 41.4 Å². The SMILES string of the molecule is C=CCc1ccccc1OCC1C(O)C2(c3nc(C)no3)CCN1CC2. The van der Waals surface area contributed by atoms with Crippen molar-refractivity contribution in [1.29, 1.82) is 0 Å². The van der Waals surface area contributed by atoms with Crippen LogP contribution in [0.1, 0.15) is 30.1 Å². The molecule has 2 bridgehead atoms. The lowest BCUT2D eigenvalue weighted by molar-refractivity contribution is -0.113. The van der Waals surface area contributed by atoms with Crippen molar-refractivity contribution in [3.05, 3.63) is 54.2 Å². The predicted molar refractivity (Wildman–Crippen MR) is 97.2 cm³/mol. The minimum Gasteiger partial charge on any atom is -0.492 e. The molecule has 0 amide bonds. The molecule has 26 heavy (non-hydrogen) atoms. The van der Waals surface area contributed by atoms with E-state index < -0.39 is 11.5 Å². The van der Waals surface area contributed by atoms with E-state index in [4.69, 9.17) is 9.26 Å². The van der Waals surface area contributed by atoms with Gasteiger partial charge in [-0.1, -0.05) is 29.4 Å². The summed E-state index contributed by atoms with van der Waals surface area (Å²) in [6, 6.07) is 7.90. The first-order valence-corrected chi connectivity index (χ1v) is 9.18. The van der Waals surface area contributed by atoms with E-state index in [1.807, 2.05) is 37.3 Å².